The summed E-state index contributed by atoms with van der Waals surface area (Å²) in [4.78, 5) is 1.99. The average molecular weight is 230 g/mol. The van der Waals surface area contributed by atoms with Crippen LogP contribution >= 0.6 is 35.6 Å². The number of anilines is 1. The van der Waals surface area contributed by atoms with E-state index in [1.807, 2.05) is 12.1 Å². The van der Waals surface area contributed by atoms with Gasteiger partial charge < -0.3 is 5.73 Å². The number of halogens is 1. The fourth-order valence-corrected chi connectivity index (χ4v) is 2.67. The van der Waals surface area contributed by atoms with Gasteiger partial charge in [0, 0.05) is 20.2 Å². The highest BCUT2D eigenvalue weighted by atomic mass is 35.5. The number of hydrogen-bond acceptors (Lipinski definition) is 3. The topological polar surface area (TPSA) is 26.0 Å². The van der Waals surface area contributed by atoms with Crippen LogP contribution in [0.5, 0.6) is 0 Å². The molecule has 1 aromatic carbocycles. The predicted molar refractivity (Wildman–Crippen MR) is 63.0 cm³/mol. The lowest BCUT2D eigenvalue weighted by Crippen LogP contribution is -1.84. The van der Waals surface area contributed by atoms with Crippen LogP contribution in [0.2, 0.25) is 0 Å². The Hall–Kier alpha value is -0.380. The molecule has 0 aliphatic carbocycles. The molecule has 0 atom stereocenters. The van der Waals surface area contributed by atoms with Gasteiger partial charge in [-0.2, -0.15) is 0 Å². The first-order valence-electron chi connectivity index (χ1n) is 3.77. The summed E-state index contributed by atoms with van der Waals surface area (Å²) in [5, 5.41) is 1.15. The molecular weight excluding hydrogens is 222 g/mol. The summed E-state index contributed by atoms with van der Waals surface area (Å²) in [6.07, 6.45) is 0. The zero-order chi connectivity index (χ0) is 9.42. The molecule has 0 saturated carbocycles. The van der Waals surface area contributed by atoms with Gasteiger partial charge in [-0.3, -0.25) is 0 Å². The molecule has 4 heteroatoms. The highest BCUT2D eigenvalue weighted by Gasteiger charge is 2.03. The summed E-state index contributed by atoms with van der Waals surface area (Å²) < 4.78 is 1.19. The van der Waals surface area contributed by atoms with Crippen LogP contribution in [0.25, 0.3) is 10.1 Å². The Kier molecular flexibility index (Phi) is 2.41. The van der Waals surface area contributed by atoms with Gasteiger partial charge >= 0.3 is 0 Å². The SMILES string of the molecule is Nc1cc2cc(CCl)sc2cc1S. The van der Waals surface area contributed by atoms with E-state index in [9.17, 15) is 0 Å². The van der Waals surface area contributed by atoms with E-state index in [2.05, 4.69) is 18.7 Å². The van der Waals surface area contributed by atoms with Crippen LogP contribution in [0, 0.1) is 0 Å². The predicted octanol–water partition coefficient (Wildman–Crippen LogP) is 3.51. The summed E-state index contributed by atoms with van der Waals surface area (Å²) in [6.45, 7) is 0. The maximum Gasteiger partial charge on any atom is 0.0568 e. The number of fused-ring (bicyclic) bond motifs is 1. The number of hydrogen-bond donors (Lipinski definition) is 2. The molecule has 0 unspecified atom stereocenters. The van der Waals surface area contributed by atoms with E-state index in [1.165, 1.54) is 4.70 Å². The van der Waals surface area contributed by atoms with Crippen molar-refractivity contribution in [3.8, 4) is 0 Å². The molecule has 2 rings (SSSR count). The Bertz CT molecular complexity index is 411. The number of benzene rings is 1. The first-order chi connectivity index (χ1) is 6.20. The normalized spacial score (nSPS) is 10.9. The molecule has 0 spiro atoms. The van der Waals surface area contributed by atoms with Crippen molar-refractivity contribution in [2.75, 3.05) is 5.73 Å². The van der Waals surface area contributed by atoms with E-state index in [4.69, 9.17) is 17.3 Å². The van der Waals surface area contributed by atoms with Crippen molar-refractivity contribution in [1.29, 1.82) is 0 Å². The minimum Gasteiger partial charge on any atom is -0.398 e. The van der Waals surface area contributed by atoms with Crippen LogP contribution in [0.1, 0.15) is 4.88 Å². The molecule has 2 N–H and O–H groups in total. The second-order valence-corrected chi connectivity index (χ2v) is 4.71. The van der Waals surface area contributed by atoms with E-state index in [0.29, 0.717) is 5.88 Å². The van der Waals surface area contributed by atoms with Crippen LogP contribution in [0.4, 0.5) is 5.69 Å². The number of thiophene rings is 1. The smallest absolute Gasteiger partial charge is 0.0568 e. The lowest BCUT2D eigenvalue weighted by atomic mass is 10.2. The molecule has 2 aromatic rings. The van der Waals surface area contributed by atoms with E-state index in [1.54, 1.807) is 11.3 Å². The van der Waals surface area contributed by atoms with Gasteiger partial charge in [-0.15, -0.1) is 35.6 Å². The van der Waals surface area contributed by atoms with Crippen molar-refractivity contribution in [2.24, 2.45) is 0 Å². The minimum atomic E-state index is 0.557. The quantitative estimate of drug-likeness (QED) is 0.437. The lowest BCUT2D eigenvalue weighted by Gasteiger charge is -1.97. The molecule has 0 fully saturated rings. The molecule has 0 aliphatic heterocycles. The molecule has 0 bridgehead atoms. The van der Waals surface area contributed by atoms with Crippen molar-refractivity contribution < 1.29 is 0 Å². The van der Waals surface area contributed by atoms with Gasteiger partial charge in [0.05, 0.1) is 5.88 Å². The average Bonchev–Trinajstić information content (AvgIpc) is 2.48. The Balaban J connectivity index is 2.70. The molecule has 0 aliphatic rings. The first kappa shape index (κ1) is 9.19. The van der Waals surface area contributed by atoms with Crippen LogP contribution < -0.4 is 5.73 Å². The van der Waals surface area contributed by atoms with Gasteiger partial charge in [-0.05, 0) is 23.6 Å². The number of nitrogens with two attached hydrogens (primary N) is 1. The zero-order valence-corrected chi connectivity index (χ0v) is 9.22. The largest absolute Gasteiger partial charge is 0.398 e. The molecule has 1 nitrogen and oxygen atoms in total. The van der Waals surface area contributed by atoms with Gasteiger partial charge in [0.25, 0.3) is 0 Å². The second-order valence-electron chi connectivity index (χ2n) is 2.80. The maximum absolute atomic E-state index is 5.74. The van der Waals surface area contributed by atoms with E-state index >= 15 is 0 Å². The molecule has 0 amide bonds. The Morgan fingerprint density at radius 3 is 2.85 bits per heavy atom. The highest BCUT2D eigenvalue weighted by molar-refractivity contribution is 7.80. The summed E-state index contributed by atoms with van der Waals surface area (Å²) in [7, 11) is 0. The van der Waals surface area contributed by atoms with Crippen LogP contribution in [-0.4, -0.2) is 0 Å². The van der Waals surface area contributed by atoms with Gasteiger partial charge in [-0.1, -0.05) is 0 Å². The van der Waals surface area contributed by atoms with Crippen LogP contribution in [0.15, 0.2) is 23.1 Å². The maximum atomic E-state index is 5.74. The van der Waals surface area contributed by atoms with Gasteiger partial charge in [0.2, 0.25) is 0 Å². The molecule has 0 saturated heterocycles. The van der Waals surface area contributed by atoms with Crippen molar-refractivity contribution in [3.63, 3.8) is 0 Å². The van der Waals surface area contributed by atoms with E-state index in [0.717, 1.165) is 20.8 Å². The molecular formula is C9H8ClNS2. The van der Waals surface area contributed by atoms with Crippen LogP contribution in [-0.2, 0) is 5.88 Å². The Labute approximate surface area is 90.9 Å². The lowest BCUT2D eigenvalue weighted by molar-refractivity contribution is 1.52. The van der Waals surface area contributed by atoms with Crippen LogP contribution in [0.3, 0.4) is 0 Å². The summed E-state index contributed by atoms with van der Waals surface area (Å²) in [6, 6.07) is 5.98. The molecule has 1 aromatic heterocycles. The van der Waals surface area contributed by atoms with E-state index in [-0.39, 0.29) is 0 Å². The number of thiol groups is 1. The first-order valence-corrected chi connectivity index (χ1v) is 5.57. The van der Waals surface area contributed by atoms with Gasteiger partial charge in [0.1, 0.15) is 0 Å². The third-order valence-corrected chi connectivity index (χ3v) is 3.78. The minimum absolute atomic E-state index is 0.557. The third-order valence-electron chi connectivity index (χ3n) is 1.85. The fraction of sp³-hybridized carbons (Fsp3) is 0.111. The monoisotopic (exact) mass is 229 g/mol. The number of rotatable bonds is 1. The molecule has 13 heavy (non-hydrogen) atoms. The number of alkyl halides is 1. The highest BCUT2D eigenvalue weighted by Crippen LogP contribution is 2.31. The van der Waals surface area contributed by atoms with Gasteiger partial charge in [0.15, 0.2) is 0 Å². The fourth-order valence-electron chi connectivity index (χ4n) is 1.21. The summed E-state index contributed by atoms with van der Waals surface area (Å²) >= 11 is 11.7. The molecule has 0 radical (unpaired) electrons. The van der Waals surface area contributed by atoms with Gasteiger partial charge in [-0.25, -0.2) is 0 Å². The summed E-state index contributed by atoms with van der Waals surface area (Å²) in [5.74, 6) is 0.557. The third kappa shape index (κ3) is 1.64. The molecule has 68 valence electrons. The Morgan fingerprint density at radius 1 is 1.38 bits per heavy atom. The van der Waals surface area contributed by atoms with Crippen molar-refractivity contribution >= 4 is 51.3 Å². The zero-order valence-electron chi connectivity index (χ0n) is 6.75. The summed E-state index contributed by atoms with van der Waals surface area (Å²) in [5.41, 5.74) is 6.45. The second kappa shape index (κ2) is 3.40. The molecule has 1 heterocycles. The Morgan fingerprint density at radius 2 is 2.15 bits per heavy atom. The van der Waals surface area contributed by atoms with Crippen molar-refractivity contribution in [1.82, 2.24) is 0 Å². The van der Waals surface area contributed by atoms with Crippen molar-refractivity contribution in [3.05, 3.63) is 23.1 Å². The van der Waals surface area contributed by atoms with E-state index < -0.39 is 0 Å². The standard InChI is InChI=1S/C9H8ClNS2/c10-4-6-1-5-2-7(11)8(12)3-9(5)13-6/h1-3,12H,4,11H2. The van der Waals surface area contributed by atoms with Crippen molar-refractivity contribution in [2.45, 2.75) is 10.8 Å². The number of nitrogen functional groups attached to an aromatic ring is 1.